The summed E-state index contributed by atoms with van der Waals surface area (Å²) >= 11 is 6.01. The molecule has 0 unspecified atom stereocenters. The lowest BCUT2D eigenvalue weighted by atomic mass is 10.2. The first-order valence-corrected chi connectivity index (χ1v) is 6.38. The van der Waals surface area contributed by atoms with Gasteiger partial charge in [0.25, 0.3) is 5.91 Å². The molecular weight excluding hydrogens is 292 g/mol. The maximum Gasteiger partial charge on any atom is 0.272 e. The topological polar surface area (TPSA) is 82.2 Å². The van der Waals surface area contributed by atoms with Crippen molar-refractivity contribution < 1.29 is 9.90 Å². The monoisotopic (exact) mass is 302 g/mol. The molecule has 0 radical (unpaired) electrons. The van der Waals surface area contributed by atoms with E-state index in [9.17, 15) is 9.59 Å². The van der Waals surface area contributed by atoms with Gasteiger partial charge in [0.2, 0.25) is 5.56 Å². The molecule has 0 spiro atoms. The van der Waals surface area contributed by atoms with Crippen LogP contribution in [-0.2, 0) is 0 Å². The normalized spacial score (nSPS) is 9.62. The smallest absolute Gasteiger partial charge is 0.272 e. The molecule has 1 aromatic carbocycles. The molecule has 106 valence electrons. The number of aromatic nitrogens is 1. The summed E-state index contributed by atoms with van der Waals surface area (Å²) in [6, 6.07) is 9.13. The number of carbonyl (C=O) groups excluding carboxylic acids is 1. The van der Waals surface area contributed by atoms with Crippen LogP contribution < -0.4 is 10.9 Å². The molecule has 0 aliphatic carbocycles. The third kappa shape index (κ3) is 3.96. The van der Waals surface area contributed by atoms with Crippen LogP contribution in [0.2, 0.25) is 5.02 Å². The standard InChI is InChI=1S/C15H11ClN2O3/c16-11-7-6-10(3-2-8-19)9-13(11)18-15(21)12-4-1-5-14(20)17-12/h1,4-7,9,19H,8H2,(H,17,20)(H,18,21). The van der Waals surface area contributed by atoms with Gasteiger partial charge in [0, 0.05) is 11.6 Å². The average Bonchev–Trinajstić information content (AvgIpc) is 2.48. The maximum atomic E-state index is 12.0. The van der Waals surface area contributed by atoms with E-state index >= 15 is 0 Å². The molecule has 0 aliphatic rings. The van der Waals surface area contributed by atoms with Crippen molar-refractivity contribution in [2.24, 2.45) is 0 Å². The van der Waals surface area contributed by atoms with Crippen molar-refractivity contribution in [2.45, 2.75) is 0 Å². The summed E-state index contributed by atoms with van der Waals surface area (Å²) in [6.45, 7) is -0.254. The Morgan fingerprint density at radius 1 is 1.33 bits per heavy atom. The van der Waals surface area contributed by atoms with Gasteiger partial charge in [0.15, 0.2) is 0 Å². The van der Waals surface area contributed by atoms with Gasteiger partial charge in [-0.2, -0.15) is 0 Å². The number of amides is 1. The van der Waals surface area contributed by atoms with Gasteiger partial charge in [0.1, 0.15) is 12.3 Å². The Bertz CT molecular complexity index is 787. The Kier molecular flexibility index (Phi) is 4.77. The summed E-state index contributed by atoms with van der Waals surface area (Å²) in [5, 5.41) is 11.6. The van der Waals surface area contributed by atoms with E-state index in [2.05, 4.69) is 22.1 Å². The molecular formula is C15H11ClN2O3. The number of hydrogen-bond acceptors (Lipinski definition) is 3. The van der Waals surface area contributed by atoms with Gasteiger partial charge >= 0.3 is 0 Å². The highest BCUT2D eigenvalue weighted by Gasteiger charge is 2.09. The fourth-order valence-electron chi connectivity index (χ4n) is 1.61. The molecule has 21 heavy (non-hydrogen) atoms. The van der Waals surface area contributed by atoms with Crippen LogP contribution in [0.15, 0.2) is 41.2 Å². The summed E-state index contributed by atoms with van der Waals surface area (Å²) < 4.78 is 0. The maximum absolute atomic E-state index is 12.0. The summed E-state index contributed by atoms with van der Waals surface area (Å²) in [4.78, 5) is 25.6. The van der Waals surface area contributed by atoms with Crippen LogP contribution in [0.1, 0.15) is 16.1 Å². The van der Waals surface area contributed by atoms with Crippen LogP contribution in [-0.4, -0.2) is 22.6 Å². The Morgan fingerprint density at radius 2 is 2.14 bits per heavy atom. The predicted octanol–water partition coefficient (Wildman–Crippen LogP) is 1.62. The van der Waals surface area contributed by atoms with Gasteiger partial charge < -0.3 is 15.4 Å². The molecule has 3 N–H and O–H groups in total. The SMILES string of the molecule is O=C(Nc1cc(C#CCO)ccc1Cl)c1cccc(=O)[nH]1. The highest BCUT2D eigenvalue weighted by Crippen LogP contribution is 2.23. The first kappa shape index (κ1) is 14.9. The fraction of sp³-hybridized carbons (Fsp3) is 0.0667. The quantitative estimate of drug-likeness (QED) is 0.737. The predicted molar refractivity (Wildman–Crippen MR) is 80.4 cm³/mol. The number of pyridine rings is 1. The number of rotatable bonds is 2. The van der Waals surface area contributed by atoms with Gasteiger partial charge in [-0.3, -0.25) is 9.59 Å². The van der Waals surface area contributed by atoms with Crippen LogP contribution in [0.25, 0.3) is 0 Å². The zero-order chi connectivity index (χ0) is 15.2. The first-order valence-electron chi connectivity index (χ1n) is 6.00. The minimum Gasteiger partial charge on any atom is -0.384 e. The van der Waals surface area contributed by atoms with Crippen LogP contribution in [0.3, 0.4) is 0 Å². The molecule has 1 aromatic heterocycles. The number of nitrogens with one attached hydrogen (secondary N) is 2. The Balaban J connectivity index is 2.26. The molecule has 1 heterocycles. The second-order valence-corrected chi connectivity index (χ2v) is 4.44. The van der Waals surface area contributed by atoms with E-state index in [0.717, 1.165) is 0 Å². The molecule has 0 atom stereocenters. The van der Waals surface area contributed by atoms with E-state index in [1.54, 1.807) is 18.2 Å². The van der Waals surface area contributed by atoms with Crippen molar-refractivity contribution >= 4 is 23.2 Å². The van der Waals surface area contributed by atoms with E-state index < -0.39 is 5.91 Å². The average molecular weight is 303 g/mol. The van der Waals surface area contributed by atoms with E-state index in [1.807, 2.05) is 0 Å². The fourth-order valence-corrected chi connectivity index (χ4v) is 1.78. The second-order valence-electron chi connectivity index (χ2n) is 4.04. The van der Waals surface area contributed by atoms with E-state index in [1.165, 1.54) is 18.2 Å². The summed E-state index contributed by atoms with van der Waals surface area (Å²) in [5.74, 6) is 4.74. The lowest BCUT2D eigenvalue weighted by Gasteiger charge is -2.07. The van der Waals surface area contributed by atoms with Crippen molar-refractivity contribution in [3.63, 3.8) is 0 Å². The third-order valence-electron chi connectivity index (χ3n) is 2.54. The third-order valence-corrected chi connectivity index (χ3v) is 2.87. The van der Waals surface area contributed by atoms with Gasteiger partial charge in [-0.25, -0.2) is 0 Å². The highest BCUT2D eigenvalue weighted by atomic mass is 35.5. The van der Waals surface area contributed by atoms with Crippen molar-refractivity contribution in [1.29, 1.82) is 0 Å². The number of halogens is 1. The van der Waals surface area contributed by atoms with E-state index in [4.69, 9.17) is 16.7 Å². The van der Waals surface area contributed by atoms with Crippen molar-refractivity contribution in [2.75, 3.05) is 11.9 Å². The Labute approximate surface area is 125 Å². The molecule has 0 aliphatic heterocycles. The minimum absolute atomic E-state index is 0.130. The number of aromatic amines is 1. The molecule has 0 bridgehead atoms. The van der Waals surface area contributed by atoms with Crippen LogP contribution in [0.4, 0.5) is 5.69 Å². The molecule has 6 heteroatoms. The lowest BCUT2D eigenvalue weighted by Crippen LogP contribution is -2.18. The number of carbonyl (C=O) groups is 1. The van der Waals surface area contributed by atoms with Crippen molar-refractivity contribution in [3.05, 3.63) is 63.0 Å². The summed E-state index contributed by atoms with van der Waals surface area (Å²) in [5.41, 5.74) is 0.739. The van der Waals surface area contributed by atoms with Crippen molar-refractivity contribution in [3.8, 4) is 11.8 Å². The molecule has 0 fully saturated rings. The van der Waals surface area contributed by atoms with E-state index in [-0.39, 0.29) is 17.9 Å². The van der Waals surface area contributed by atoms with Crippen molar-refractivity contribution in [1.82, 2.24) is 4.98 Å². The largest absolute Gasteiger partial charge is 0.384 e. The number of benzene rings is 1. The first-order chi connectivity index (χ1) is 10.1. The van der Waals surface area contributed by atoms with Gasteiger partial charge in [-0.15, -0.1) is 0 Å². The number of aliphatic hydroxyl groups excluding tert-OH is 1. The second kappa shape index (κ2) is 6.75. The molecule has 1 amide bonds. The minimum atomic E-state index is -0.484. The zero-order valence-corrected chi connectivity index (χ0v) is 11.6. The van der Waals surface area contributed by atoms with E-state index in [0.29, 0.717) is 16.3 Å². The molecule has 0 saturated carbocycles. The number of H-pyrrole nitrogens is 1. The molecule has 2 rings (SSSR count). The summed E-state index contributed by atoms with van der Waals surface area (Å²) in [7, 11) is 0. The lowest BCUT2D eigenvalue weighted by molar-refractivity contribution is 0.102. The number of aliphatic hydroxyl groups is 1. The molecule has 0 saturated heterocycles. The van der Waals surface area contributed by atoms with Crippen LogP contribution >= 0.6 is 11.6 Å². The number of anilines is 1. The molecule has 2 aromatic rings. The van der Waals surface area contributed by atoms with Crippen LogP contribution in [0.5, 0.6) is 0 Å². The van der Waals surface area contributed by atoms with Gasteiger partial charge in [-0.1, -0.05) is 29.5 Å². The summed E-state index contributed by atoms with van der Waals surface area (Å²) in [6.07, 6.45) is 0. The Morgan fingerprint density at radius 3 is 2.86 bits per heavy atom. The van der Waals surface area contributed by atoms with Gasteiger partial charge in [-0.05, 0) is 24.3 Å². The molecule has 5 nitrogen and oxygen atoms in total. The highest BCUT2D eigenvalue weighted by molar-refractivity contribution is 6.34. The zero-order valence-electron chi connectivity index (χ0n) is 10.8. The van der Waals surface area contributed by atoms with Gasteiger partial charge in [0.05, 0.1) is 10.7 Å². The Hall–Kier alpha value is -2.55. The van der Waals surface area contributed by atoms with Crippen LogP contribution in [0, 0.1) is 11.8 Å². The number of hydrogen-bond donors (Lipinski definition) is 3.